The van der Waals surface area contributed by atoms with E-state index in [1.807, 2.05) is 0 Å². The Labute approximate surface area is 125 Å². The molecule has 1 aliphatic heterocycles. The Balaban J connectivity index is 1.94. The van der Waals surface area contributed by atoms with E-state index in [4.69, 9.17) is 9.15 Å². The summed E-state index contributed by atoms with van der Waals surface area (Å²) in [6, 6.07) is 8.00. The number of hydrogen-bond donors (Lipinski definition) is 3. The molecule has 1 aromatic heterocycles. The second-order valence-corrected chi connectivity index (χ2v) is 4.97. The van der Waals surface area contributed by atoms with Gasteiger partial charge in [-0.2, -0.15) is 0 Å². The predicted octanol–water partition coefficient (Wildman–Crippen LogP) is 1.65. The standard InChI is InChI=1S/C16H14O6/c17-10-3-1-2-9(6-10)4-5-11-7-13-15(16(20)21-11)12(18)8-14(19)22-13/h1-7,12,14,17-19H,8H2/b5-4-/t12-,14+/m1/s1. The topological polar surface area (TPSA) is 100 Å². The number of fused-ring (bicyclic) bond motifs is 1. The average Bonchev–Trinajstić information content (AvgIpc) is 2.44. The Morgan fingerprint density at radius 1 is 1.18 bits per heavy atom. The summed E-state index contributed by atoms with van der Waals surface area (Å²) in [7, 11) is 0. The van der Waals surface area contributed by atoms with Crippen molar-refractivity contribution in [2.75, 3.05) is 0 Å². The highest BCUT2D eigenvalue weighted by atomic mass is 16.6. The lowest BCUT2D eigenvalue weighted by Crippen LogP contribution is -2.29. The SMILES string of the molecule is O=c1oc(/C=C\c2cccc(O)c2)cc2c1[C@H](O)C[C@@H](O)O2. The van der Waals surface area contributed by atoms with Crippen molar-refractivity contribution in [1.29, 1.82) is 0 Å². The molecule has 6 heteroatoms. The number of aliphatic hydroxyl groups is 2. The van der Waals surface area contributed by atoms with Crippen molar-refractivity contribution >= 4 is 12.2 Å². The second kappa shape index (κ2) is 5.67. The lowest BCUT2D eigenvalue weighted by Gasteiger charge is -2.24. The molecule has 0 fully saturated rings. The summed E-state index contributed by atoms with van der Waals surface area (Å²) in [5, 5.41) is 28.7. The summed E-state index contributed by atoms with van der Waals surface area (Å²) in [4.78, 5) is 11.9. The van der Waals surface area contributed by atoms with Gasteiger partial charge in [0.15, 0.2) is 6.29 Å². The number of hydrogen-bond acceptors (Lipinski definition) is 6. The third-order valence-corrected chi connectivity index (χ3v) is 3.30. The molecule has 2 heterocycles. The van der Waals surface area contributed by atoms with Crippen LogP contribution in [0.4, 0.5) is 0 Å². The monoisotopic (exact) mass is 302 g/mol. The van der Waals surface area contributed by atoms with Crippen LogP contribution in [0.25, 0.3) is 12.2 Å². The number of benzene rings is 1. The van der Waals surface area contributed by atoms with Gasteiger partial charge in [0.25, 0.3) is 0 Å². The lowest BCUT2D eigenvalue weighted by atomic mass is 10.0. The molecule has 0 amide bonds. The van der Waals surface area contributed by atoms with Crippen molar-refractivity contribution in [3.63, 3.8) is 0 Å². The maximum absolute atomic E-state index is 11.9. The van der Waals surface area contributed by atoms with Crippen LogP contribution < -0.4 is 10.4 Å². The molecule has 6 nitrogen and oxygen atoms in total. The maximum atomic E-state index is 11.9. The number of rotatable bonds is 2. The first-order valence-electron chi connectivity index (χ1n) is 6.71. The smallest absolute Gasteiger partial charge is 0.345 e. The Hall–Kier alpha value is -2.57. The van der Waals surface area contributed by atoms with Gasteiger partial charge in [0.2, 0.25) is 0 Å². The maximum Gasteiger partial charge on any atom is 0.345 e. The van der Waals surface area contributed by atoms with Gasteiger partial charge >= 0.3 is 5.63 Å². The zero-order valence-electron chi connectivity index (χ0n) is 11.5. The van der Waals surface area contributed by atoms with Crippen LogP contribution in [0.15, 0.2) is 39.5 Å². The molecule has 0 unspecified atom stereocenters. The minimum atomic E-state index is -1.16. The molecule has 1 aromatic carbocycles. The van der Waals surface area contributed by atoms with Crippen LogP contribution >= 0.6 is 0 Å². The predicted molar refractivity (Wildman–Crippen MR) is 78.2 cm³/mol. The van der Waals surface area contributed by atoms with Gasteiger partial charge in [-0.1, -0.05) is 18.2 Å². The fraction of sp³-hybridized carbons (Fsp3) is 0.188. The molecule has 22 heavy (non-hydrogen) atoms. The Morgan fingerprint density at radius 3 is 2.77 bits per heavy atom. The molecular formula is C16H14O6. The van der Waals surface area contributed by atoms with Crippen molar-refractivity contribution in [3.05, 3.63) is 57.6 Å². The van der Waals surface area contributed by atoms with E-state index in [0.717, 1.165) is 5.56 Å². The number of ether oxygens (including phenoxy) is 1. The van der Waals surface area contributed by atoms with Crippen LogP contribution in [-0.2, 0) is 0 Å². The van der Waals surface area contributed by atoms with Crippen LogP contribution in [0.2, 0.25) is 0 Å². The lowest BCUT2D eigenvalue weighted by molar-refractivity contribution is -0.0693. The molecule has 114 valence electrons. The van der Waals surface area contributed by atoms with Crippen molar-refractivity contribution < 1.29 is 24.5 Å². The molecule has 2 atom stereocenters. The van der Waals surface area contributed by atoms with Gasteiger partial charge in [0.05, 0.1) is 6.10 Å². The normalized spacial score (nSPS) is 20.6. The van der Waals surface area contributed by atoms with Gasteiger partial charge in [-0.3, -0.25) is 0 Å². The van der Waals surface area contributed by atoms with E-state index in [9.17, 15) is 20.1 Å². The molecule has 3 N–H and O–H groups in total. The number of aliphatic hydroxyl groups excluding tert-OH is 2. The number of aromatic hydroxyl groups is 1. The minimum absolute atomic E-state index is 0.0137. The van der Waals surface area contributed by atoms with Gasteiger partial charge in [0, 0.05) is 12.5 Å². The van der Waals surface area contributed by atoms with Crippen LogP contribution in [0.1, 0.15) is 29.4 Å². The number of phenolic OH excluding ortho intramolecular Hbond substituents is 1. The second-order valence-electron chi connectivity index (χ2n) is 4.97. The molecule has 3 rings (SSSR count). The van der Waals surface area contributed by atoms with E-state index < -0.39 is 18.0 Å². The molecule has 2 aromatic rings. The summed E-state index contributed by atoms with van der Waals surface area (Å²) in [5.41, 5.74) is 0.0358. The van der Waals surface area contributed by atoms with Crippen LogP contribution in [0.3, 0.4) is 0 Å². The average molecular weight is 302 g/mol. The van der Waals surface area contributed by atoms with E-state index in [2.05, 4.69) is 0 Å². The molecular weight excluding hydrogens is 288 g/mol. The fourth-order valence-electron chi connectivity index (χ4n) is 2.29. The van der Waals surface area contributed by atoms with Crippen molar-refractivity contribution in [3.8, 4) is 11.5 Å². The quantitative estimate of drug-likeness (QED) is 0.780. The third-order valence-electron chi connectivity index (χ3n) is 3.30. The molecule has 0 saturated heterocycles. The number of phenols is 1. The summed E-state index contributed by atoms with van der Waals surface area (Å²) in [5.74, 6) is 0.454. The van der Waals surface area contributed by atoms with E-state index in [1.54, 1.807) is 30.3 Å². The van der Waals surface area contributed by atoms with E-state index in [1.165, 1.54) is 12.1 Å². The molecule has 0 radical (unpaired) electrons. The van der Waals surface area contributed by atoms with Crippen molar-refractivity contribution in [2.24, 2.45) is 0 Å². The highest BCUT2D eigenvalue weighted by molar-refractivity contribution is 5.68. The zero-order valence-corrected chi connectivity index (χ0v) is 11.5. The minimum Gasteiger partial charge on any atom is -0.508 e. The molecule has 0 spiro atoms. The summed E-state index contributed by atoms with van der Waals surface area (Å²) in [6.45, 7) is 0. The first-order valence-corrected chi connectivity index (χ1v) is 6.71. The van der Waals surface area contributed by atoms with Gasteiger partial charge in [-0.25, -0.2) is 4.79 Å². The fourth-order valence-corrected chi connectivity index (χ4v) is 2.29. The third kappa shape index (κ3) is 2.88. The van der Waals surface area contributed by atoms with E-state index in [0.29, 0.717) is 0 Å². The Kier molecular flexibility index (Phi) is 3.70. The molecule has 0 saturated carbocycles. The van der Waals surface area contributed by atoms with Crippen molar-refractivity contribution in [2.45, 2.75) is 18.8 Å². The van der Waals surface area contributed by atoms with Gasteiger partial charge in [0.1, 0.15) is 22.8 Å². The van der Waals surface area contributed by atoms with Crippen LogP contribution in [-0.4, -0.2) is 21.6 Å². The summed E-state index contributed by atoms with van der Waals surface area (Å²) in [6.07, 6.45) is 0.843. The first kappa shape index (κ1) is 14.4. The van der Waals surface area contributed by atoms with Gasteiger partial charge in [-0.05, 0) is 23.8 Å². The van der Waals surface area contributed by atoms with Gasteiger partial charge < -0.3 is 24.5 Å². The Morgan fingerprint density at radius 2 is 2.00 bits per heavy atom. The first-order chi connectivity index (χ1) is 10.5. The van der Waals surface area contributed by atoms with Crippen molar-refractivity contribution in [1.82, 2.24) is 0 Å². The largest absolute Gasteiger partial charge is 0.508 e. The molecule has 0 aliphatic carbocycles. The van der Waals surface area contributed by atoms with Crippen LogP contribution in [0.5, 0.6) is 11.5 Å². The van der Waals surface area contributed by atoms with Gasteiger partial charge in [-0.15, -0.1) is 0 Å². The molecule has 1 aliphatic rings. The summed E-state index contributed by atoms with van der Waals surface area (Å²) < 4.78 is 10.3. The highest BCUT2D eigenvalue weighted by Crippen LogP contribution is 2.32. The highest BCUT2D eigenvalue weighted by Gasteiger charge is 2.29. The van der Waals surface area contributed by atoms with Crippen LogP contribution in [0, 0.1) is 0 Å². The summed E-state index contributed by atoms with van der Waals surface area (Å²) >= 11 is 0. The molecule has 0 bridgehead atoms. The van der Waals surface area contributed by atoms with E-state index in [-0.39, 0.29) is 29.2 Å². The zero-order chi connectivity index (χ0) is 15.7. The Bertz CT molecular complexity index is 776. The van der Waals surface area contributed by atoms with E-state index >= 15 is 0 Å².